The number of amides is 2. The monoisotopic (exact) mass is 310 g/mol. The van der Waals surface area contributed by atoms with Crippen LogP contribution in [0.3, 0.4) is 0 Å². The summed E-state index contributed by atoms with van der Waals surface area (Å²) in [4.78, 5) is 13.3. The lowest BCUT2D eigenvalue weighted by Crippen LogP contribution is -2.42. The fraction of sp³-hybridized carbons (Fsp3) is 0.533. The maximum absolute atomic E-state index is 11.9. The molecule has 2 amide bonds. The Labute approximate surface area is 129 Å². The summed E-state index contributed by atoms with van der Waals surface area (Å²) in [6.07, 6.45) is 0.00577. The lowest BCUT2D eigenvalue weighted by Gasteiger charge is -2.20. The van der Waals surface area contributed by atoms with E-state index in [9.17, 15) is 9.90 Å². The normalized spacial score (nSPS) is 13.8. The van der Waals surface area contributed by atoms with Gasteiger partial charge in [0.25, 0.3) is 0 Å². The summed E-state index contributed by atoms with van der Waals surface area (Å²) >= 11 is 0. The summed E-state index contributed by atoms with van der Waals surface area (Å²) in [5.41, 5.74) is 1.06. The number of aliphatic hydroxyl groups excluding tert-OH is 1. The number of hydrogen-bond acceptors (Lipinski definition) is 5. The molecular weight excluding hydrogens is 288 g/mol. The molecule has 7 nitrogen and oxygen atoms in total. The summed E-state index contributed by atoms with van der Waals surface area (Å²) in [5, 5.41) is 12.4. The number of aliphatic hydroxyl groups is 1. The highest BCUT2D eigenvalue weighted by Crippen LogP contribution is 2.32. The lowest BCUT2D eigenvalue weighted by atomic mass is 10.1. The molecule has 1 aliphatic heterocycles. The van der Waals surface area contributed by atoms with Crippen LogP contribution in [0.15, 0.2) is 18.2 Å². The number of hydrogen-bond donors (Lipinski definition) is 2. The molecule has 1 heterocycles. The number of fused-ring (bicyclic) bond motifs is 1. The van der Waals surface area contributed by atoms with Crippen LogP contribution >= 0.6 is 0 Å². The Hall–Kier alpha value is -1.99. The van der Waals surface area contributed by atoms with Crippen LogP contribution in [0.5, 0.6) is 11.5 Å². The van der Waals surface area contributed by atoms with E-state index in [0.717, 1.165) is 17.1 Å². The smallest absolute Gasteiger partial charge is 0.317 e. The van der Waals surface area contributed by atoms with Crippen LogP contribution in [-0.2, 0) is 11.2 Å². The molecule has 2 rings (SSSR count). The first-order valence-corrected chi connectivity index (χ1v) is 7.14. The molecule has 0 spiro atoms. The van der Waals surface area contributed by atoms with Crippen molar-refractivity contribution in [3.05, 3.63) is 23.8 Å². The second-order valence-corrected chi connectivity index (χ2v) is 5.16. The van der Waals surface area contributed by atoms with E-state index in [0.29, 0.717) is 13.0 Å². The zero-order chi connectivity index (χ0) is 15.9. The molecule has 1 atom stereocenters. The number of carbonyl (C=O) groups excluding carboxylic acids is 1. The summed E-state index contributed by atoms with van der Waals surface area (Å²) in [5.74, 6) is 1.49. The highest BCUT2D eigenvalue weighted by atomic mass is 16.7. The first-order valence-electron chi connectivity index (χ1n) is 7.14. The van der Waals surface area contributed by atoms with Gasteiger partial charge in [0.2, 0.25) is 6.79 Å². The average molecular weight is 310 g/mol. The zero-order valence-corrected chi connectivity index (χ0v) is 12.9. The maximum atomic E-state index is 11.9. The molecular formula is C15H22N2O5. The highest BCUT2D eigenvalue weighted by molar-refractivity contribution is 5.73. The van der Waals surface area contributed by atoms with E-state index in [2.05, 4.69) is 5.32 Å². The van der Waals surface area contributed by atoms with Gasteiger partial charge in [-0.1, -0.05) is 6.07 Å². The van der Waals surface area contributed by atoms with E-state index >= 15 is 0 Å². The van der Waals surface area contributed by atoms with Crippen LogP contribution in [0, 0.1) is 0 Å². The van der Waals surface area contributed by atoms with E-state index < -0.39 is 6.10 Å². The first kappa shape index (κ1) is 16.4. The molecule has 0 saturated heterocycles. The largest absolute Gasteiger partial charge is 0.454 e. The molecule has 0 aromatic heterocycles. The van der Waals surface area contributed by atoms with Crippen LogP contribution < -0.4 is 14.8 Å². The van der Waals surface area contributed by atoms with Crippen molar-refractivity contribution in [1.82, 2.24) is 10.2 Å². The molecule has 0 saturated carbocycles. The third-order valence-electron chi connectivity index (χ3n) is 3.32. The van der Waals surface area contributed by atoms with Crippen molar-refractivity contribution in [3.8, 4) is 11.5 Å². The van der Waals surface area contributed by atoms with E-state index in [1.807, 2.05) is 18.2 Å². The van der Waals surface area contributed by atoms with E-state index in [4.69, 9.17) is 14.2 Å². The van der Waals surface area contributed by atoms with Gasteiger partial charge < -0.3 is 29.5 Å². The topological polar surface area (TPSA) is 80.3 Å². The Kier molecular flexibility index (Phi) is 5.85. The molecule has 0 fully saturated rings. The summed E-state index contributed by atoms with van der Waals surface area (Å²) in [6.45, 7) is 1.19. The van der Waals surface area contributed by atoms with Gasteiger partial charge in [0.05, 0.1) is 19.3 Å². The van der Waals surface area contributed by atoms with E-state index in [1.165, 1.54) is 12.0 Å². The second kappa shape index (κ2) is 7.86. The number of ether oxygens (including phenoxy) is 3. The molecule has 0 radical (unpaired) electrons. The van der Waals surface area contributed by atoms with Gasteiger partial charge in [-0.05, 0) is 24.1 Å². The molecule has 1 aliphatic rings. The van der Waals surface area contributed by atoms with Crippen molar-refractivity contribution in [2.24, 2.45) is 0 Å². The predicted octanol–water partition coefficient (Wildman–Crippen LogP) is 0.607. The zero-order valence-electron chi connectivity index (χ0n) is 12.9. The van der Waals surface area contributed by atoms with Crippen molar-refractivity contribution in [2.75, 3.05) is 40.6 Å². The Morgan fingerprint density at radius 1 is 1.45 bits per heavy atom. The van der Waals surface area contributed by atoms with Crippen LogP contribution in [0.1, 0.15) is 5.56 Å². The number of likely N-dealkylation sites (N-methyl/N-ethyl adjacent to an activating group) is 1. The molecule has 1 aromatic rings. The molecule has 0 bridgehead atoms. The standard InChI is InChI=1S/C15H22N2O5/c1-17(8-12(18)9-20-2)15(19)16-6-5-11-3-4-13-14(7-11)22-10-21-13/h3-4,7,12,18H,5-6,8-10H2,1-2H3,(H,16,19)/t12-/m1/s1. The number of benzene rings is 1. The Balaban J connectivity index is 1.72. The van der Waals surface area contributed by atoms with Gasteiger partial charge in [-0.25, -0.2) is 4.79 Å². The number of carbonyl (C=O) groups is 1. The van der Waals surface area contributed by atoms with Gasteiger partial charge >= 0.3 is 6.03 Å². The van der Waals surface area contributed by atoms with E-state index in [1.54, 1.807) is 7.05 Å². The Bertz CT molecular complexity index is 509. The summed E-state index contributed by atoms with van der Waals surface area (Å²) < 4.78 is 15.4. The number of methoxy groups -OCH3 is 1. The minimum absolute atomic E-state index is 0.203. The Morgan fingerprint density at radius 2 is 2.23 bits per heavy atom. The summed E-state index contributed by atoms with van der Waals surface area (Å²) in [7, 11) is 3.14. The molecule has 22 heavy (non-hydrogen) atoms. The van der Waals surface area contributed by atoms with Crippen LogP contribution in [0.25, 0.3) is 0 Å². The molecule has 2 N–H and O–H groups in total. The third-order valence-corrected chi connectivity index (χ3v) is 3.32. The SMILES string of the molecule is COC[C@H](O)CN(C)C(=O)NCCc1ccc2c(c1)OCO2. The maximum Gasteiger partial charge on any atom is 0.317 e. The van der Waals surface area contributed by atoms with Crippen LogP contribution in [-0.4, -0.2) is 62.8 Å². The molecule has 1 aromatic carbocycles. The third kappa shape index (κ3) is 4.51. The molecule has 7 heteroatoms. The minimum atomic E-state index is -0.686. The van der Waals surface area contributed by atoms with Crippen molar-refractivity contribution in [2.45, 2.75) is 12.5 Å². The molecule has 0 unspecified atom stereocenters. The van der Waals surface area contributed by atoms with Gasteiger partial charge in [-0.15, -0.1) is 0 Å². The second-order valence-electron chi connectivity index (χ2n) is 5.16. The van der Waals surface area contributed by atoms with Crippen molar-refractivity contribution in [1.29, 1.82) is 0 Å². The number of nitrogens with zero attached hydrogens (tertiary/aromatic N) is 1. The quantitative estimate of drug-likeness (QED) is 0.771. The highest BCUT2D eigenvalue weighted by Gasteiger charge is 2.14. The number of rotatable bonds is 7. The summed E-state index contributed by atoms with van der Waals surface area (Å²) in [6, 6.07) is 5.51. The van der Waals surface area contributed by atoms with Gasteiger partial charge in [-0.2, -0.15) is 0 Å². The van der Waals surface area contributed by atoms with Gasteiger partial charge in [0.1, 0.15) is 0 Å². The lowest BCUT2D eigenvalue weighted by molar-refractivity contribution is 0.0490. The van der Waals surface area contributed by atoms with E-state index in [-0.39, 0.29) is 26.0 Å². The van der Waals surface area contributed by atoms with Gasteiger partial charge in [-0.3, -0.25) is 0 Å². The van der Waals surface area contributed by atoms with Gasteiger partial charge in [0, 0.05) is 20.7 Å². The van der Waals surface area contributed by atoms with Crippen molar-refractivity contribution in [3.63, 3.8) is 0 Å². The fourth-order valence-corrected chi connectivity index (χ4v) is 2.19. The Morgan fingerprint density at radius 3 is 3.00 bits per heavy atom. The average Bonchev–Trinajstić information content (AvgIpc) is 2.94. The van der Waals surface area contributed by atoms with Gasteiger partial charge in [0.15, 0.2) is 11.5 Å². The van der Waals surface area contributed by atoms with Crippen molar-refractivity contribution >= 4 is 6.03 Å². The predicted molar refractivity (Wildman–Crippen MR) is 80.2 cm³/mol. The van der Waals surface area contributed by atoms with Crippen molar-refractivity contribution < 1.29 is 24.1 Å². The fourth-order valence-electron chi connectivity index (χ4n) is 2.19. The van der Waals surface area contributed by atoms with Crippen LogP contribution in [0.2, 0.25) is 0 Å². The van der Waals surface area contributed by atoms with Crippen LogP contribution in [0.4, 0.5) is 4.79 Å². The molecule has 0 aliphatic carbocycles. The number of nitrogens with one attached hydrogen (secondary N) is 1. The number of urea groups is 1. The molecule has 122 valence electrons. The minimum Gasteiger partial charge on any atom is -0.454 e. The first-order chi connectivity index (χ1) is 10.6.